The third kappa shape index (κ3) is 6.88. The van der Waals surface area contributed by atoms with E-state index in [0.717, 1.165) is 24.4 Å². The Morgan fingerprint density at radius 2 is 1.95 bits per heavy atom. The number of anilines is 1. The van der Waals surface area contributed by atoms with Gasteiger partial charge >= 0.3 is 0 Å². The molecule has 1 N–H and O–H groups in total. The van der Waals surface area contributed by atoms with Crippen LogP contribution in [-0.2, 0) is 6.42 Å². The maximum atomic E-state index is 6.34. The molecule has 0 amide bonds. The molecular formula is C16H28ClN3S. The minimum atomic E-state index is 0.447. The fourth-order valence-corrected chi connectivity index (χ4v) is 3.09. The first-order valence-corrected chi connectivity index (χ1v) is 9.74. The van der Waals surface area contributed by atoms with Crippen LogP contribution in [0, 0.1) is 0 Å². The molecule has 0 aliphatic heterocycles. The molecule has 0 saturated heterocycles. The summed E-state index contributed by atoms with van der Waals surface area (Å²) in [6.45, 7) is 4.27. The molecule has 0 saturated carbocycles. The summed E-state index contributed by atoms with van der Waals surface area (Å²) in [5, 5.41) is 4.17. The first-order valence-electron chi connectivity index (χ1n) is 7.97. The number of thioether (sulfide) groups is 1. The van der Waals surface area contributed by atoms with E-state index < -0.39 is 0 Å². The summed E-state index contributed by atoms with van der Waals surface area (Å²) in [7, 11) is 0. The number of hydrogen-bond donors (Lipinski definition) is 1. The second-order valence-electron chi connectivity index (χ2n) is 5.28. The van der Waals surface area contributed by atoms with Crippen LogP contribution >= 0.6 is 23.4 Å². The highest BCUT2D eigenvalue weighted by atomic mass is 35.5. The molecule has 0 fully saturated rings. The molecule has 21 heavy (non-hydrogen) atoms. The highest BCUT2D eigenvalue weighted by molar-refractivity contribution is 7.98. The standard InChI is InChI=1S/C16H28ClN3S/c1-4-13(10-8-6-7-9-11-21-3)20-16-15(17)14(5-2)18-12-19-16/h12-13H,4-11H2,1-3H3,(H,18,19,20). The predicted octanol–water partition coefficient (Wildman–Crippen LogP) is 5.20. The third-order valence-electron chi connectivity index (χ3n) is 3.68. The zero-order valence-corrected chi connectivity index (χ0v) is 15.1. The van der Waals surface area contributed by atoms with E-state index in [4.69, 9.17) is 11.6 Å². The van der Waals surface area contributed by atoms with Gasteiger partial charge in [-0.15, -0.1) is 0 Å². The van der Waals surface area contributed by atoms with E-state index in [9.17, 15) is 0 Å². The molecule has 0 aromatic carbocycles. The molecule has 120 valence electrons. The average Bonchev–Trinajstić information content (AvgIpc) is 2.51. The Morgan fingerprint density at radius 3 is 2.62 bits per heavy atom. The smallest absolute Gasteiger partial charge is 0.148 e. The normalized spacial score (nSPS) is 12.4. The Kier molecular flexibility index (Phi) is 9.85. The number of nitrogens with one attached hydrogen (secondary N) is 1. The van der Waals surface area contributed by atoms with Crippen LogP contribution in [0.2, 0.25) is 5.02 Å². The van der Waals surface area contributed by atoms with Gasteiger partial charge in [-0.2, -0.15) is 11.8 Å². The number of hydrogen-bond acceptors (Lipinski definition) is 4. The summed E-state index contributed by atoms with van der Waals surface area (Å²) in [6.07, 6.45) is 12.1. The lowest BCUT2D eigenvalue weighted by Crippen LogP contribution is -2.19. The van der Waals surface area contributed by atoms with Crippen LogP contribution in [0.1, 0.15) is 58.1 Å². The van der Waals surface area contributed by atoms with Crippen molar-refractivity contribution in [3.8, 4) is 0 Å². The molecule has 1 rings (SSSR count). The quantitative estimate of drug-likeness (QED) is 0.566. The van der Waals surface area contributed by atoms with Gasteiger partial charge in [-0.05, 0) is 37.7 Å². The van der Waals surface area contributed by atoms with Gasteiger partial charge in [-0.1, -0.05) is 44.7 Å². The van der Waals surface area contributed by atoms with E-state index >= 15 is 0 Å². The lowest BCUT2D eigenvalue weighted by Gasteiger charge is -2.18. The molecule has 1 aromatic heterocycles. The number of aromatic nitrogens is 2. The van der Waals surface area contributed by atoms with Crippen LogP contribution in [0.4, 0.5) is 5.82 Å². The number of aryl methyl sites for hydroxylation is 1. The summed E-state index contributed by atoms with van der Waals surface area (Å²) in [5.74, 6) is 2.07. The Morgan fingerprint density at radius 1 is 1.19 bits per heavy atom. The summed E-state index contributed by atoms with van der Waals surface area (Å²) >= 11 is 8.27. The van der Waals surface area contributed by atoms with Crippen LogP contribution in [0.5, 0.6) is 0 Å². The molecule has 1 aromatic rings. The number of unbranched alkanes of at least 4 members (excludes halogenated alkanes) is 3. The third-order valence-corrected chi connectivity index (χ3v) is 4.78. The molecule has 0 radical (unpaired) electrons. The lowest BCUT2D eigenvalue weighted by molar-refractivity contribution is 0.560. The largest absolute Gasteiger partial charge is 0.366 e. The van der Waals surface area contributed by atoms with Crippen molar-refractivity contribution in [3.05, 3.63) is 17.0 Å². The van der Waals surface area contributed by atoms with E-state index in [-0.39, 0.29) is 0 Å². The van der Waals surface area contributed by atoms with Crippen molar-refractivity contribution in [1.82, 2.24) is 9.97 Å². The first-order chi connectivity index (χ1) is 10.2. The van der Waals surface area contributed by atoms with Crippen molar-refractivity contribution in [2.24, 2.45) is 0 Å². The minimum absolute atomic E-state index is 0.447. The van der Waals surface area contributed by atoms with Crippen molar-refractivity contribution in [3.63, 3.8) is 0 Å². The molecule has 0 aliphatic carbocycles. The van der Waals surface area contributed by atoms with E-state index in [1.807, 2.05) is 11.8 Å². The van der Waals surface area contributed by atoms with E-state index in [2.05, 4.69) is 35.4 Å². The monoisotopic (exact) mass is 329 g/mol. The molecular weight excluding hydrogens is 302 g/mol. The van der Waals surface area contributed by atoms with Crippen LogP contribution in [0.3, 0.4) is 0 Å². The zero-order valence-electron chi connectivity index (χ0n) is 13.5. The molecule has 1 unspecified atom stereocenters. The van der Waals surface area contributed by atoms with Crippen molar-refractivity contribution >= 4 is 29.2 Å². The fraction of sp³-hybridized carbons (Fsp3) is 0.750. The maximum absolute atomic E-state index is 6.34. The average molecular weight is 330 g/mol. The molecule has 0 spiro atoms. The minimum Gasteiger partial charge on any atom is -0.366 e. The van der Waals surface area contributed by atoms with Crippen molar-refractivity contribution in [2.45, 2.75) is 64.8 Å². The zero-order chi connectivity index (χ0) is 15.5. The summed E-state index contributed by atoms with van der Waals surface area (Å²) in [4.78, 5) is 8.50. The predicted molar refractivity (Wildman–Crippen MR) is 95.6 cm³/mol. The van der Waals surface area contributed by atoms with Crippen molar-refractivity contribution in [2.75, 3.05) is 17.3 Å². The molecule has 1 heterocycles. The van der Waals surface area contributed by atoms with Gasteiger partial charge in [0.05, 0.1) is 5.69 Å². The molecule has 0 bridgehead atoms. The first kappa shape index (κ1) is 18.6. The lowest BCUT2D eigenvalue weighted by atomic mass is 10.1. The Labute approximate surface area is 138 Å². The SMILES string of the molecule is CCc1ncnc(NC(CC)CCCCCCSC)c1Cl. The highest BCUT2D eigenvalue weighted by Crippen LogP contribution is 2.24. The highest BCUT2D eigenvalue weighted by Gasteiger charge is 2.12. The topological polar surface area (TPSA) is 37.8 Å². The van der Waals surface area contributed by atoms with Gasteiger partial charge in [-0.3, -0.25) is 0 Å². The molecule has 1 atom stereocenters. The number of nitrogens with zero attached hydrogens (tertiary/aromatic N) is 2. The van der Waals surface area contributed by atoms with Gasteiger partial charge < -0.3 is 5.32 Å². The van der Waals surface area contributed by atoms with Gasteiger partial charge in [-0.25, -0.2) is 9.97 Å². The van der Waals surface area contributed by atoms with Crippen LogP contribution < -0.4 is 5.32 Å². The van der Waals surface area contributed by atoms with E-state index in [1.165, 1.54) is 37.9 Å². The van der Waals surface area contributed by atoms with Crippen LogP contribution in [0.15, 0.2) is 6.33 Å². The van der Waals surface area contributed by atoms with Crippen LogP contribution in [0.25, 0.3) is 0 Å². The molecule has 5 heteroatoms. The van der Waals surface area contributed by atoms with Crippen molar-refractivity contribution in [1.29, 1.82) is 0 Å². The molecule has 3 nitrogen and oxygen atoms in total. The summed E-state index contributed by atoms with van der Waals surface area (Å²) < 4.78 is 0. The Bertz CT molecular complexity index is 401. The van der Waals surface area contributed by atoms with Gasteiger partial charge in [0.2, 0.25) is 0 Å². The Hall–Kier alpha value is -0.480. The van der Waals surface area contributed by atoms with Gasteiger partial charge in [0, 0.05) is 6.04 Å². The fourth-order valence-electron chi connectivity index (χ4n) is 2.32. The molecule has 0 aliphatic rings. The maximum Gasteiger partial charge on any atom is 0.148 e. The second kappa shape index (κ2) is 11.1. The number of rotatable bonds is 11. The Balaban J connectivity index is 2.40. The van der Waals surface area contributed by atoms with Crippen molar-refractivity contribution < 1.29 is 0 Å². The summed E-state index contributed by atoms with van der Waals surface area (Å²) in [5.41, 5.74) is 0.918. The van der Waals surface area contributed by atoms with Gasteiger partial charge in [0.25, 0.3) is 0 Å². The number of halogens is 1. The van der Waals surface area contributed by atoms with E-state index in [0.29, 0.717) is 11.1 Å². The summed E-state index contributed by atoms with van der Waals surface area (Å²) in [6, 6.07) is 0.447. The van der Waals surface area contributed by atoms with Crippen LogP contribution in [-0.4, -0.2) is 28.0 Å². The van der Waals surface area contributed by atoms with E-state index in [1.54, 1.807) is 6.33 Å². The second-order valence-corrected chi connectivity index (χ2v) is 6.65. The van der Waals surface area contributed by atoms with Gasteiger partial charge in [0.1, 0.15) is 17.2 Å². The van der Waals surface area contributed by atoms with Gasteiger partial charge in [0.15, 0.2) is 0 Å².